The molecule has 2 unspecified atom stereocenters. The van der Waals surface area contributed by atoms with Gasteiger partial charge in [-0.25, -0.2) is 4.79 Å². The van der Waals surface area contributed by atoms with Gasteiger partial charge in [-0.1, -0.05) is 22.0 Å². The number of rotatable bonds is 0. The third-order valence-corrected chi connectivity index (χ3v) is 4.71. The number of nitrogens with zero attached hydrogens (tertiary/aromatic N) is 2. The van der Waals surface area contributed by atoms with Crippen molar-refractivity contribution < 1.29 is 9.53 Å². The minimum absolute atomic E-state index is 0.198. The molecule has 2 atom stereocenters. The van der Waals surface area contributed by atoms with Crippen LogP contribution in [-0.4, -0.2) is 41.8 Å². The second-order valence-electron chi connectivity index (χ2n) is 7.27. The molecule has 1 fully saturated rings. The van der Waals surface area contributed by atoms with Gasteiger partial charge in [0.25, 0.3) is 0 Å². The molecule has 1 aromatic rings. The summed E-state index contributed by atoms with van der Waals surface area (Å²) in [5.41, 5.74) is 2.22. The molecule has 0 spiro atoms. The van der Waals surface area contributed by atoms with Crippen molar-refractivity contribution in [2.75, 3.05) is 18.0 Å². The fourth-order valence-electron chi connectivity index (χ4n) is 3.46. The first-order valence-corrected chi connectivity index (χ1v) is 8.58. The Labute approximate surface area is 140 Å². The van der Waals surface area contributed by atoms with Gasteiger partial charge in [-0.15, -0.1) is 0 Å². The van der Waals surface area contributed by atoms with Crippen LogP contribution in [-0.2, 0) is 11.2 Å². The monoisotopic (exact) mass is 366 g/mol. The van der Waals surface area contributed by atoms with E-state index in [0.717, 1.165) is 17.4 Å². The van der Waals surface area contributed by atoms with Crippen molar-refractivity contribution in [1.82, 2.24) is 4.90 Å². The van der Waals surface area contributed by atoms with Crippen LogP contribution in [0.2, 0.25) is 0 Å². The molecule has 1 aromatic carbocycles. The third kappa shape index (κ3) is 2.96. The third-order valence-electron chi connectivity index (χ3n) is 4.22. The number of halogens is 1. The molecule has 4 nitrogen and oxygen atoms in total. The second kappa shape index (κ2) is 5.44. The zero-order chi connectivity index (χ0) is 16.1. The maximum absolute atomic E-state index is 12.4. The Morgan fingerprint density at radius 2 is 2.05 bits per heavy atom. The Morgan fingerprint density at radius 3 is 2.73 bits per heavy atom. The van der Waals surface area contributed by atoms with Gasteiger partial charge in [-0.3, -0.25) is 0 Å². The summed E-state index contributed by atoms with van der Waals surface area (Å²) in [5, 5.41) is 0. The molecule has 0 bridgehead atoms. The van der Waals surface area contributed by atoms with Gasteiger partial charge < -0.3 is 14.5 Å². The van der Waals surface area contributed by atoms with Crippen LogP contribution >= 0.6 is 15.9 Å². The topological polar surface area (TPSA) is 32.8 Å². The number of piperazine rings is 1. The standard InChI is InChI=1S/C17H23BrN2O2/c1-11-9-19(16(21)22-17(2,3)4)10-14-7-12-5-6-13(18)8-15(12)20(11)14/h5-6,8,11,14H,7,9-10H2,1-4H3. The minimum Gasteiger partial charge on any atom is -0.444 e. The average Bonchev–Trinajstić information content (AvgIpc) is 2.74. The van der Waals surface area contributed by atoms with Gasteiger partial charge in [0.05, 0.1) is 6.04 Å². The van der Waals surface area contributed by atoms with Crippen LogP contribution in [0, 0.1) is 0 Å². The first-order valence-electron chi connectivity index (χ1n) is 7.79. The van der Waals surface area contributed by atoms with Crippen LogP contribution in [0.3, 0.4) is 0 Å². The van der Waals surface area contributed by atoms with Crippen LogP contribution in [0.15, 0.2) is 22.7 Å². The van der Waals surface area contributed by atoms with E-state index < -0.39 is 5.60 Å². The first-order chi connectivity index (χ1) is 10.2. The highest BCUT2D eigenvalue weighted by Crippen LogP contribution is 2.38. The van der Waals surface area contributed by atoms with E-state index in [0.29, 0.717) is 18.6 Å². The number of hydrogen-bond acceptors (Lipinski definition) is 3. The van der Waals surface area contributed by atoms with E-state index in [1.165, 1.54) is 11.3 Å². The molecule has 22 heavy (non-hydrogen) atoms. The highest BCUT2D eigenvalue weighted by Gasteiger charge is 2.40. The van der Waals surface area contributed by atoms with Gasteiger partial charge in [0.2, 0.25) is 0 Å². The maximum atomic E-state index is 12.4. The van der Waals surface area contributed by atoms with Crippen molar-refractivity contribution >= 4 is 27.7 Å². The Bertz CT molecular complexity index is 597. The van der Waals surface area contributed by atoms with Gasteiger partial charge in [0.15, 0.2) is 0 Å². The molecule has 120 valence electrons. The quantitative estimate of drug-likeness (QED) is 0.699. The largest absolute Gasteiger partial charge is 0.444 e. The molecule has 0 aliphatic carbocycles. The van der Waals surface area contributed by atoms with Crippen LogP contribution in [0.5, 0.6) is 0 Å². The van der Waals surface area contributed by atoms with Gasteiger partial charge in [0, 0.05) is 29.3 Å². The fourth-order valence-corrected chi connectivity index (χ4v) is 3.81. The van der Waals surface area contributed by atoms with Crippen molar-refractivity contribution in [2.24, 2.45) is 0 Å². The van der Waals surface area contributed by atoms with Gasteiger partial charge in [0.1, 0.15) is 5.60 Å². The zero-order valence-corrected chi connectivity index (χ0v) is 15.2. The molecule has 0 radical (unpaired) electrons. The molecule has 1 saturated heterocycles. The van der Waals surface area contributed by atoms with E-state index in [2.05, 4.69) is 46.0 Å². The number of carbonyl (C=O) groups is 1. The molecule has 3 rings (SSSR count). The lowest BCUT2D eigenvalue weighted by molar-refractivity contribution is 0.0192. The number of anilines is 1. The van der Waals surface area contributed by atoms with E-state index >= 15 is 0 Å². The summed E-state index contributed by atoms with van der Waals surface area (Å²) in [4.78, 5) is 16.7. The van der Waals surface area contributed by atoms with Crippen LogP contribution < -0.4 is 4.90 Å². The summed E-state index contributed by atoms with van der Waals surface area (Å²) < 4.78 is 6.64. The Kier molecular flexibility index (Phi) is 3.87. The van der Waals surface area contributed by atoms with Crippen LogP contribution in [0.4, 0.5) is 10.5 Å². The lowest BCUT2D eigenvalue weighted by atomic mass is 10.1. The van der Waals surface area contributed by atoms with E-state index in [9.17, 15) is 4.79 Å². The Balaban J connectivity index is 1.78. The lowest BCUT2D eigenvalue weighted by Crippen LogP contribution is -2.58. The predicted octanol–water partition coefficient (Wildman–Crippen LogP) is 3.82. The molecule has 0 N–H and O–H groups in total. The first kappa shape index (κ1) is 15.7. The smallest absolute Gasteiger partial charge is 0.410 e. The number of hydrogen-bond donors (Lipinski definition) is 0. The molecule has 2 heterocycles. The summed E-state index contributed by atoms with van der Waals surface area (Å²) in [6.07, 6.45) is 0.794. The highest BCUT2D eigenvalue weighted by atomic mass is 79.9. The summed E-state index contributed by atoms with van der Waals surface area (Å²) in [5.74, 6) is 0. The molecule has 1 amide bonds. The molecular formula is C17H23BrN2O2. The predicted molar refractivity (Wildman–Crippen MR) is 91.4 cm³/mol. The number of fused-ring (bicyclic) bond motifs is 3. The number of benzene rings is 1. The van der Waals surface area contributed by atoms with Gasteiger partial charge in [-0.05, 0) is 51.8 Å². The highest BCUT2D eigenvalue weighted by molar-refractivity contribution is 9.10. The molecule has 5 heteroatoms. The van der Waals surface area contributed by atoms with Crippen molar-refractivity contribution in [3.05, 3.63) is 28.2 Å². The summed E-state index contributed by atoms with van der Waals surface area (Å²) >= 11 is 3.56. The van der Waals surface area contributed by atoms with Gasteiger partial charge in [-0.2, -0.15) is 0 Å². The van der Waals surface area contributed by atoms with Gasteiger partial charge >= 0.3 is 6.09 Å². The normalized spacial score (nSPS) is 24.0. The van der Waals surface area contributed by atoms with E-state index in [-0.39, 0.29) is 6.09 Å². The second-order valence-corrected chi connectivity index (χ2v) is 8.19. The fraction of sp³-hybridized carbons (Fsp3) is 0.588. The summed E-state index contributed by atoms with van der Waals surface area (Å²) in [6.45, 7) is 9.34. The summed E-state index contributed by atoms with van der Waals surface area (Å²) in [7, 11) is 0. The molecule has 0 saturated carbocycles. The maximum Gasteiger partial charge on any atom is 0.410 e. The minimum atomic E-state index is -0.443. The zero-order valence-electron chi connectivity index (χ0n) is 13.6. The van der Waals surface area contributed by atoms with Crippen LogP contribution in [0.1, 0.15) is 33.3 Å². The van der Waals surface area contributed by atoms with E-state index in [4.69, 9.17) is 4.74 Å². The molecular weight excluding hydrogens is 344 g/mol. The van der Waals surface area contributed by atoms with Crippen molar-refractivity contribution in [1.29, 1.82) is 0 Å². The van der Waals surface area contributed by atoms with Crippen molar-refractivity contribution in [3.63, 3.8) is 0 Å². The Hall–Kier alpha value is -1.23. The van der Waals surface area contributed by atoms with Crippen molar-refractivity contribution in [3.8, 4) is 0 Å². The Morgan fingerprint density at radius 1 is 1.32 bits per heavy atom. The molecule has 2 aliphatic heterocycles. The SMILES string of the molecule is CC1CN(C(=O)OC(C)(C)C)CC2Cc3ccc(Br)cc3N12. The van der Waals surface area contributed by atoms with Crippen molar-refractivity contribution in [2.45, 2.75) is 51.8 Å². The summed E-state index contributed by atoms with van der Waals surface area (Å²) in [6, 6.07) is 7.10. The molecule has 2 aliphatic rings. The molecule has 0 aromatic heterocycles. The lowest BCUT2D eigenvalue weighted by Gasteiger charge is -2.43. The van der Waals surface area contributed by atoms with Crippen LogP contribution in [0.25, 0.3) is 0 Å². The number of carbonyl (C=O) groups excluding carboxylic acids is 1. The average molecular weight is 367 g/mol. The van der Waals surface area contributed by atoms with E-state index in [1.807, 2.05) is 25.7 Å². The van der Waals surface area contributed by atoms with E-state index in [1.54, 1.807) is 0 Å². The number of amides is 1. The number of ether oxygens (including phenoxy) is 1.